The number of thiazole rings is 1. The molecule has 1 N–H and O–H groups in total. The maximum atomic E-state index is 5.38. The lowest BCUT2D eigenvalue weighted by Crippen LogP contribution is -2.07. The van der Waals surface area contributed by atoms with Crippen molar-refractivity contribution in [1.82, 2.24) is 4.98 Å². The Morgan fingerprint density at radius 3 is 2.63 bits per heavy atom. The molecule has 0 saturated carbocycles. The summed E-state index contributed by atoms with van der Waals surface area (Å²) in [6.45, 7) is 4.14. The summed E-state index contributed by atoms with van der Waals surface area (Å²) in [4.78, 5) is 5.51. The largest absolute Gasteiger partial charge is 0.497 e. The molecule has 0 aliphatic heterocycles. The minimum Gasteiger partial charge on any atom is -0.497 e. The molecule has 2 aromatic rings. The van der Waals surface area contributed by atoms with Crippen molar-refractivity contribution in [3.8, 4) is 11.5 Å². The Morgan fingerprint density at radius 1 is 1.26 bits per heavy atom. The molecule has 1 heterocycles. The molecule has 1 atom stereocenters. The number of anilines is 1. The fourth-order valence-electron chi connectivity index (χ4n) is 1.94. The predicted molar refractivity (Wildman–Crippen MR) is 78.4 cm³/mol. The third kappa shape index (κ3) is 2.98. The number of nitrogens with zero attached hydrogens (tertiary/aromatic N) is 1. The van der Waals surface area contributed by atoms with Gasteiger partial charge in [-0.25, -0.2) is 4.98 Å². The number of ether oxygens (including phenoxy) is 2. The molecule has 1 aromatic carbocycles. The van der Waals surface area contributed by atoms with Crippen molar-refractivity contribution in [3.05, 3.63) is 34.3 Å². The average molecular weight is 278 g/mol. The van der Waals surface area contributed by atoms with Gasteiger partial charge < -0.3 is 14.8 Å². The number of benzene rings is 1. The zero-order valence-electron chi connectivity index (χ0n) is 11.6. The molecule has 0 fully saturated rings. The Bertz CT molecular complexity index is 554. The normalized spacial score (nSPS) is 12.0. The minimum absolute atomic E-state index is 0.190. The Hall–Kier alpha value is -1.75. The molecule has 0 aliphatic carbocycles. The number of nitrogens with one attached hydrogen (secondary N) is 1. The number of aryl methyl sites for hydroxylation is 1. The van der Waals surface area contributed by atoms with Crippen LogP contribution < -0.4 is 14.8 Å². The topological polar surface area (TPSA) is 43.4 Å². The van der Waals surface area contributed by atoms with E-state index >= 15 is 0 Å². The van der Waals surface area contributed by atoms with Gasteiger partial charge in [0, 0.05) is 10.9 Å². The summed E-state index contributed by atoms with van der Waals surface area (Å²) >= 11 is 1.66. The molecule has 0 radical (unpaired) electrons. The van der Waals surface area contributed by atoms with Crippen molar-refractivity contribution >= 4 is 17.0 Å². The van der Waals surface area contributed by atoms with Crippen LogP contribution in [0.1, 0.15) is 23.5 Å². The van der Waals surface area contributed by atoms with Gasteiger partial charge in [-0.3, -0.25) is 0 Å². The average Bonchev–Trinajstić information content (AvgIpc) is 2.85. The zero-order valence-corrected chi connectivity index (χ0v) is 12.4. The van der Waals surface area contributed by atoms with Crippen LogP contribution in [0.5, 0.6) is 11.5 Å². The summed E-state index contributed by atoms with van der Waals surface area (Å²) in [5.41, 5.74) is 3.88. The maximum Gasteiger partial charge on any atom is 0.145 e. The maximum absolute atomic E-state index is 5.38. The van der Waals surface area contributed by atoms with E-state index in [0.29, 0.717) is 0 Å². The van der Waals surface area contributed by atoms with Crippen LogP contribution in [0, 0.1) is 6.92 Å². The molecule has 1 unspecified atom stereocenters. The molecule has 0 spiro atoms. The fourth-order valence-corrected chi connectivity index (χ4v) is 2.75. The number of methoxy groups -OCH3 is 2. The second kappa shape index (κ2) is 5.93. The fraction of sp³-hybridized carbons (Fsp3) is 0.357. The highest BCUT2D eigenvalue weighted by atomic mass is 32.1. The van der Waals surface area contributed by atoms with Crippen LogP contribution in [0.4, 0.5) is 5.69 Å². The van der Waals surface area contributed by atoms with E-state index in [9.17, 15) is 0 Å². The molecule has 4 nitrogen and oxygen atoms in total. The summed E-state index contributed by atoms with van der Waals surface area (Å²) in [7, 11) is 3.30. The summed E-state index contributed by atoms with van der Waals surface area (Å²) in [6, 6.07) is 5.94. The van der Waals surface area contributed by atoms with Crippen LogP contribution in [0.15, 0.2) is 23.7 Å². The standard InChI is InChI=1S/C14H18N2O2S/c1-9-14(19-8-15-9)10(2)16-12-6-5-11(17-3)7-13(12)18-4/h5-8,10,16H,1-4H3. The van der Waals surface area contributed by atoms with Crippen LogP contribution in [0.2, 0.25) is 0 Å². The lowest BCUT2D eigenvalue weighted by atomic mass is 10.2. The van der Waals surface area contributed by atoms with Gasteiger partial charge in [-0.2, -0.15) is 0 Å². The third-order valence-corrected chi connectivity index (χ3v) is 4.07. The zero-order chi connectivity index (χ0) is 13.8. The number of aromatic nitrogens is 1. The van der Waals surface area contributed by atoms with Crippen LogP contribution in [0.25, 0.3) is 0 Å². The molecule has 102 valence electrons. The van der Waals surface area contributed by atoms with Gasteiger partial charge in [0.2, 0.25) is 0 Å². The third-order valence-electron chi connectivity index (χ3n) is 2.96. The van der Waals surface area contributed by atoms with Crippen LogP contribution in [0.3, 0.4) is 0 Å². The van der Waals surface area contributed by atoms with E-state index in [1.165, 1.54) is 4.88 Å². The highest BCUT2D eigenvalue weighted by molar-refractivity contribution is 7.09. The van der Waals surface area contributed by atoms with E-state index in [0.717, 1.165) is 22.9 Å². The first-order valence-electron chi connectivity index (χ1n) is 6.04. The van der Waals surface area contributed by atoms with Crippen molar-refractivity contribution in [3.63, 3.8) is 0 Å². The van der Waals surface area contributed by atoms with E-state index in [2.05, 4.69) is 17.2 Å². The van der Waals surface area contributed by atoms with Crippen molar-refractivity contribution in [2.45, 2.75) is 19.9 Å². The minimum atomic E-state index is 0.190. The predicted octanol–water partition coefficient (Wildman–Crippen LogP) is 3.64. The van der Waals surface area contributed by atoms with Gasteiger partial charge in [0.25, 0.3) is 0 Å². The summed E-state index contributed by atoms with van der Waals surface area (Å²) in [6.07, 6.45) is 0. The summed E-state index contributed by atoms with van der Waals surface area (Å²) in [5.74, 6) is 1.55. The second-order valence-electron chi connectivity index (χ2n) is 4.23. The summed E-state index contributed by atoms with van der Waals surface area (Å²) in [5, 5.41) is 3.45. The number of hydrogen-bond acceptors (Lipinski definition) is 5. The van der Waals surface area contributed by atoms with E-state index in [1.54, 1.807) is 25.6 Å². The van der Waals surface area contributed by atoms with E-state index in [1.807, 2.05) is 30.6 Å². The lowest BCUT2D eigenvalue weighted by molar-refractivity contribution is 0.395. The molecular formula is C14H18N2O2S. The molecule has 0 amide bonds. The molecule has 5 heteroatoms. The SMILES string of the molecule is COc1ccc(NC(C)c2scnc2C)c(OC)c1. The highest BCUT2D eigenvalue weighted by Gasteiger charge is 2.13. The van der Waals surface area contributed by atoms with Crippen molar-refractivity contribution < 1.29 is 9.47 Å². The van der Waals surface area contributed by atoms with E-state index in [4.69, 9.17) is 9.47 Å². The first-order valence-corrected chi connectivity index (χ1v) is 6.92. The van der Waals surface area contributed by atoms with Crippen LogP contribution in [-0.4, -0.2) is 19.2 Å². The van der Waals surface area contributed by atoms with Gasteiger partial charge in [-0.15, -0.1) is 11.3 Å². The Labute approximate surface area is 117 Å². The molecule has 1 aromatic heterocycles. The van der Waals surface area contributed by atoms with Crippen molar-refractivity contribution in [2.24, 2.45) is 0 Å². The van der Waals surface area contributed by atoms with Gasteiger partial charge in [-0.05, 0) is 26.0 Å². The van der Waals surface area contributed by atoms with Gasteiger partial charge in [0.15, 0.2) is 0 Å². The quantitative estimate of drug-likeness (QED) is 0.906. The number of hydrogen-bond donors (Lipinski definition) is 1. The Morgan fingerprint density at radius 2 is 2.05 bits per heavy atom. The van der Waals surface area contributed by atoms with Gasteiger partial charge in [-0.1, -0.05) is 0 Å². The van der Waals surface area contributed by atoms with Crippen molar-refractivity contribution in [1.29, 1.82) is 0 Å². The Balaban J connectivity index is 2.21. The monoisotopic (exact) mass is 278 g/mol. The number of rotatable bonds is 5. The van der Waals surface area contributed by atoms with Crippen molar-refractivity contribution in [2.75, 3.05) is 19.5 Å². The lowest BCUT2D eigenvalue weighted by Gasteiger charge is -2.17. The van der Waals surface area contributed by atoms with E-state index in [-0.39, 0.29) is 6.04 Å². The van der Waals surface area contributed by atoms with Gasteiger partial charge >= 0.3 is 0 Å². The van der Waals surface area contributed by atoms with Crippen LogP contribution in [-0.2, 0) is 0 Å². The molecular weight excluding hydrogens is 260 g/mol. The van der Waals surface area contributed by atoms with Gasteiger partial charge in [0.05, 0.1) is 37.2 Å². The molecule has 2 rings (SSSR count). The van der Waals surface area contributed by atoms with E-state index < -0.39 is 0 Å². The second-order valence-corrected chi connectivity index (χ2v) is 5.12. The molecule has 0 saturated heterocycles. The first kappa shape index (κ1) is 13.7. The molecule has 0 aliphatic rings. The smallest absolute Gasteiger partial charge is 0.145 e. The summed E-state index contributed by atoms with van der Waals surface area (Å²) < 4.78 is 10.6. The molecule has 0 bridgehead atoms. The highest BCUT2D eigenvalue weighted by Crippen LogP contribution is 2.33. The molecule has 19 heavy (non-hydrogen) atoms. The van der Waals surface area contributed by atoms with Gasteiger partial charge in [0.1, 0.15) is 11.5 Å². The Kier molecular flexibility index (Phi) is 4.27. The first-order chi connectivity index (χ1) is 9.15. The van der Waals surface area contributed by atoms with Crippen LogP contribution >= 0.6 is 11.3 Å².